The fourth-order valence-electron chi connectivity index (χ4n) is 3.60. The molecule has 30 heavy (non-hydrogen) atoms. The topological polar surface area (TPSA) is 25.2 Å². The minimum Gasteiger partial charge on any atom is -0.258 e. The Hall–Kier alpha value is -2.36. The van der Waals surface area contributed by atoms with Gasteiger partial charge in [0.1, 0.15) is 0 Å². The molecule has 0 aliphatic carbocycles. The molecule has 0 spiro atoms. The fourth-order valence-corrected chi connectivity index (χ4v) is 3.60. The Balaban J connectivity index is 2.52. The Morgan fingerprint density at radius 2 is 1.60 bits per heavy atom. The minimum absolute atomic E-state index is 0.0665. The molecule has 2 rings (SSSR count). The number of hydrogen-bond acceptors (Lipinski definition) is 2. The second kappa shape index (κ2) is 10.6. The van der Waals surface area contributed by atoms with Gasteiger partial charge < -0.3 is 0 Å². The number of rotatable bonds is 8. The van der Waals surface area contributed by atoms with Crippen LogP contribution in [-0.2, 0) is 0 Å². The third kappa shape index (κ3) is 6.58. The summed E-state index contributed by atoms with van der Waals surface area (Å²) in [5.41, 5.74) is 7.18. The van der Waals surface area contributed by atoms with Gasteiger partial charge in [-0.1, -0.05) is 32.4 Å². The van der Waals surface area contributed by atoms with Gasteiger partial charge in [0.15, 0.2) is 0 Å². The van der Waals surface area contributed by atoms with E-state index in [2.05, 4.69) is 25.8 Å². The highest BCUT2D eigenvalue weighted by Crippen LogP contribution is 2.28. The first kappa shape index (κ1) is 23.9. The quantitative estimate of drug-likeness (QED) is 0.403. The van der Waals surface area contributed by atoms with Crippen LogP contribution in [0.5, 0.6) is 0 Å². The molecule has 0 atom stereocenters. The molecule has 1 heterocycles. The number of pyridine rings is 1. The van der Waals surface area contributed by atoms with Crippen molar-refractivity contribution in [3.8, 4) is 0 Å². The lowest BCUT2D eigenvalue weighted by atomic mass is 9.99. The molecule has 0 amide bonds. The van der Waals surface area contributed by atoms with Crippen molar-refractivity contribution >= 4 is 11.4 Å². The van der Waals surface area contributed by atoms with E-state index in [9.17, 15) is 8.78 Å². The summed E-state index contributed by atoms with van der Waals surface area (Å²) in [4.78, 5) is 9.44. The van der Waals surface area contributed by atoms with Crippen LogP contribution in [0.2, 0.25) is 0 Å². The standard InChI is InChI=1S/C26H34F2N2/c1-16(2)9-8-10-18(4)25(23-13-19(5)29-20(6)14-23)30-21(7)22-12-11-17(3)24(15-22)26(27)28/h11-16,26H,8-10H2,1-7H3/b25-18+,30-21?. The van der Waals surface area contributed by atoms with Gasteiger partial charge in [-0.2, -0.15) is 0 Å². The SMILES string of the molecule is CC(=N/C(=C(\C)CCCC(C)C)c1cc(C)nc(C)c1)c1ccc(C)c(C(F)F)c1. The zero-order chi connectivity index (χ0) is 22.4. The highest BCUT2D eigenvalue weighted by molar-refractivity contribution is 6.02. The van der Waals surface area contributed by atoms with Gasteiger partial charge in [0.25, 0.3) is 6.43 Å². The molecular weight excluding hydrogens is 378 g/mol. The first-order chi connectivity index (χ1) is 14.1. The van der Waals surface area contributed by atoms with Crippen LogP contribution in [0.3, 0.4) is 0 Å². The molecule has 0 bridgehead atoms. The summed E-state index contributed by atoms with van der Waals surface area (Å²) in [6.45, 7) is 14.1. The van der Waals surface area contributed by atoms with Crippen LogP contribution in [0.25, 0.3) is 5.70 Å². The van der Waals surface area contributed by atoms with E-state index in [1.807, 2.05) is 39.0 Å². The van der Waals surface area contributed by atoms with E-state index < -0.39 is 6.43 Å². The smallest absolute Gasteiger partial charge is 0.258 e. The van der Waals surface area contributed by atoms with Crippen LogP contribution >= 0.6 is 0 Å². The summed E-state index contributed by atoms with van der Waals surface area (Å²) in [5.74, 6) is 0.664. The van der Waals surface area contributed by atoms with Crippen molar-refractivity contribution in [1.82, 2.24) is 4.98 Å². The molecule has 0 saturated heterocycles. The van der Waals surface area contributed by atoms with E-state index in [4.69, 9.17) is 4.99 Å². The van der Waals surface area contributed by atoms with Crippen molar-refractivity contribution < 1.29 is 8.78 Å². The first-order valence-electron chi connectivity index (χ1n) is 10.7. The highest BCUT2D eigenvalue weighted by Gasteiger charge is 2.14. The number of aryl methyl sites for hydroxylation is 3. The summed E-state index contributed by atoms with van der Waals surface area (Å²) in [6, 6.07) is 9.27. The Kier molecular flexibility index (Phi) is 8.45. The van der Waals surface area contributed by atoms with Gasteiger partial charge in [0.05, 0.1) is 5.70 Å². The molecule has 0 fully saturated rings. The summed E-state index contributed by atoms with van der Waals surface area (Å²) in [7, 11) is 0. The largest absolute Gasteiger partial charge is 0.264 e. The summed E-state index contributed by atoms with van der Waals surface area (Å²) >= 11 is 0. The van der Waals surface area contributed by atoms with Crippen LogP contribution in [0.15, 0.2) is 40.9 Å². The summed E-state index contributed by atoms with van der Waals surface area (Å²) in [6.07, 6.45) is 0.735. The second-order valence-electron chi connectivity index (χ2n) is 8.62. The van der Waals surface area contributed by atoms with Gasteiger partial charge in [-0.25, -0.2) is 8.78 Å². The van der Waals surface area contributed by atoms with Gasteiger partial charge in [-0.3, -0.25) is 9.98 Å². The molecule has 4 heteroatoms. The van der Waals surface area contributed by atoms with E-state index >= 15 is 0 Å². The minimum atomic E-state index is -2.49. The Bertz CT molecular complexity index is 920. The zero-order valence-corrected chi connectivity index (χ0v) is 19.3. The predicted octanol–water partition coefficient (Wildman–Crippen LogP) is 8.01. The number of halogens is 2. The van der Waals surface area contributed by atoms with Crippen molar-refractivity contribution in [1.29, 1.82) is 0 Å². The van der Waals surface area contributed by atoms with Crippen molar-refractivity contribution in [3.05, 3.63) is 69.5 Å². The number of alkyl halides is 2. The van der Waals surface area contributed by atoms with E-state index in [0.29, 0.717) is 11.5 Å². The van der Waals surface area contributed by atoms with E-state index in [-0.39, 0.29) is 5.56 Å². The first-order valence-corrected chi connectivity index (χ1v) is 10.7. The molecule has 1 aromatic heterocycles. The monoisotopic (exact) mass is 412 g/mol. The molecule has 2 nitrogen and oxygen atoms in total. The third-order valence-electron chi connectivity index (χ3n) is 5.30. The molecule has 0 aliphatic heterocycles. The van der Waals surface area contributed by atoms with Gasteiger partial charge in [0.2, 0.25) is 0 Å². The molecule has 1 aromatic carbocycles. The molecule has 0 radical (unpaired) electrons. The maximum atomic E-state index is 13.4. The van der Waals surface area contributed by atoms with E-state index in [0.717, 1.165) is 53.2 Å². The highest BCUT2D eigenvalue weighted by atomic mass is 19.3. The van der Waals surface area contributed by atoms with E-state index in [1.165, 1.54) is 5.57 Å². The van der Waals surface area contributed by atoms with Gasteiger partial charge >= 0.3 is 0 Å². The molecule has 0 saturated carbocycles. The number of allylic oxidation sites excluding steroid dienone is 1. The normalized spacial score (nSPS) is 13.2. The fraction of sp³-hybridized carbons (Fsp3) is 0.462. The van der Waals surface area contributed by atoms with Crippen molar-refractivity contribution in [2.24, 2.45) is 10.9 Å². The van der Waals surface area contributed by atoms with Crippen molar-refractivity contribution in [2.45, 2.75) is 74.2 Å². The average molecular weight is 413 g/mol. The summed E-state index contributed by atoms with van der Waals surface area (Å²) < 4.78 is 26.7. The van der Waals surface area contributed by atoms with Crippen molar-refractivity contribution in [2.75, 3.05) is 0 Å². The number of aromatic nitrogens is 1. The summed E-state index contributed by atoms with van der Waals surface area (Å²) in [5, 5.41) is 0. The zero-order valence-electron chi connectivity index (χ0n) is 19.3. The Labute approximate surface area is 180 Å². The van der Waals surface area contributed by atoms with Gasteiger partial charge in [-0.15, -0.1) is 0 Å². The molecule has 2 aromatic rings. The lowest BCUT2D eigenvalue weighted by Gasteiger charge is -2.14. The third-order valence-corrected chi connectivity index (χ3v) is 5.30. The maximum Gasteiger partial charge on any atom is 0.264 e. The lowest BCUT2D eigenvalue weighted by Crippen LogP contribution is -2.01. The predicted molar refractivity (Wildman–Crippen MR) is 123 cm³/mol. The van der Waals surface area contributed by atoms with Crippen LogP contribution in [0, 0.1) is 26.7 Å². The van der Waals surface area contributed by atoms with Crippen LogP contribution < -0.4 is 0 Å². The number of nitrogens with zero attached hydrogens (tertiary/aromatic N) is 2. The molecule has 0 N–H and O–H groups in total. The Morgan fingerprint density at radius 3 is 2.17 bits per heavy atom. The second-order valence-corrected chi connectivity index (χ2v) is 8.62. The number of hydrogen-bond donors (Lipinski definition) is 0. The van der Waals surface area contributed by atoms with Gasteiger partial charge in [0, 0.05) is 28.2 Å². The van der Waals surface area contributed by atoms with Gasteiger partial charge in [-0.05, 0) is 88.3 Å². The lowest BCUT2D eigenvalue weighted by molar-refractivity contribution is 0.150. The Morgan fingerprint density at radius 1 is 0.967 bits per heavy atom. The molecule has 162 valence electrons. The molecule has 0 unspecified atom stereocenters. The van der Waals surface area contributed by atoms with Crippen LogP contribution in [-0.4, -0.2) is 10.7 Å². The molecule has 0 aliphatic rings. The maximum absolute atomic E-state index is 13.4. The van der Waals surface area contributed by atoms with Crippen LogP contribution in [0.1, 0.15) is 87.0 Å². The molecular formula is C26H34F2N2. The van der Waals surface area contributed by atoms with E-state index in [1.54, 1.807) is 19.1 Å². The average Bonchev–Trinajstić information content (AvgIpc) is 2.64. The number of benzene rings is 1. The van der Waals surface area contributed by atoms with Crippen LogP contribution in [0.4, 0.5) is 8.78 Å². The van der Waals surface area contributed by atoms with Crippen molar-refractivity contribution in [3.63, 3.8) is 0 Å². The number of aliphatic imine (C=N–C) groups is 1.